The van der Waals surface area contributed by atoms with Crippen LogP contribution >= 0.6 is 0 Å². The molecule has 2 amide bonds. The molecule has 2 fully saturated rings. The van der Waals surface area contributed by atoms with Crippen LogP contribution in [0.3, 0.4) is 0 Å². The summed E-state index contributed by atoms with van der Waals surface area (Å²) in [5.41, 5.74) is 0.419. The fourth-order valence-electron chi connectivity index (χ4n) is 3.68. The normalized spacial score (nSPS) is 20.4. The molecule has 1 saturated carbocycles. The van der Waals surface area contributed by atoms with Crippen molar-refractivity contribution in [2.24, 2.45) is 5.92 Å². The van der Waals surface area contributed by atoms with E-state index >= 15 is 0 Å². The van der Waals surface area contributed by atoms with Crippen LogP contribution in [0.5, 0.6) is 5.75 Å². The second-order valence-corrected chi connectivity index (χ2v) is 7.31. The molecule has 0 unspecified atom stereocenters. The number of amides is 2. The van der Waals surface area contributed by atoms with E-state index in [2.05, 4.69) is 5.32 Å². The lowest BCUT2D eigenvalue weighted by Gasteiger charge is -2.21. The van der Waals surface area contributed by atoms with Gasteiger partial charge in [0.25, 0.3) is 0 Å². The molecule has 1 atom stereocenters. The molecule has 1 N–H and O–H groups in total. The van der Waals surface area contributed by atoms with Crippen LogP contribution < -0.4 is 15.0 Å². The quantitative estimate of drug-likeness (QED) is 0.787. The first-order chi connectivity index (χ1) is 13.0. The van der Waals surface area contributed by atoms with Gasteiger partial charge in [0.05, 0.1) is 25.4 Å². The molecule has 1 saturated heterocycles. The van der Waals surface area contributed by atoms with Gasteiger partial charge in [-0.15, -0.1) is 0 Å². The minimum atomic E-state index is -0.546. The number of hydrogen-bond donors (Lipinski definition) is 1. The summed E-state index contributed by atoms with van der Waals surface area (Å²) in [6, 6.07) is 4.50. The van der Waals surface area contributed by atoms with Crippen LogP contribution in [0.4, 0.5) is 14.9 Å². The Morgan fingerprint density at radius 1 is 1.33 bits per heavy atom. The van der Waals surface area contributed by atoms with Gasteiger partial charge >= 0.3 is 6.09 Å². The fourth-order valence-corrected chi connectivity index (χ4v) is 3.68. The molecule has 1 aromatic rings. The van der Waals surface area contributed by atoms with Gasteiger partial charge in [0.2, 0.25) is 5.91 Å². The van der Waals surface area contributed by atoms with E-state index in [0.717, 1.165) is 6.42 Å². The lowest BCUT2D eigenvalue weighted by molar-refractivity contribution is -0.119. The Balaban J connectivity index is 1.52. The van der Waals surface area contributed by atoms with Crippen LogP contribution in [0.1, 0.15) is 45.4 Å². The zero-order chi connectivity index (χ0) is 19.2. The Morgan fingerprint density at radius 2 is 2.11 bits per heavy atom. The van der Waals surface area contributed by atoms with E-state index in [1.165, 1.54) is 50.0 Å². The van der Waals surface area contributed by atoms with Gasteiger partial charge in [-0.3, -0.25) is 9.69 Å². The average Bonchev–Trinajstić information content (AvgIpc) is 3.03. The van der Waals surface area contributed by atoms with Gasteiger partial charge in [-0.05, 0) is 24.5 Å². The fraction of sp³-hybridized carbons (Fsp3) is 0.600. The third-order valence-corrected chi connectivity index (χ3v) is 5.19. The smallest absolute Gasteiger partial charge is 0.414 e. The molecule has 1 aromatic carbocycles. The first kappa shape index (κ1) is 19.5. The number of benzene rings is 1. The van der Waals surface area contributed by atoms with Crippen molar-refractivity contribution in [1.29, 1.82) is 0 Å². The van der Waals surface area contributed by atoms with E-state index in [0.29, 0.717) is 18.2 Å². The minimum Gasteiger partial charge on any atom is -0.491 e. The number of carbonyl (C=O) groups excluding carboxylic acids is 2. The zero-order valence-electron chi connectivity index (χ0n) is 15.7. The predicted octanol–water partition coefficient (Wildman–Crippen LogP) is 3.64. The highest BCUT2D eigenvalue weighted by Crippen LogP contribution is 2.29. The monoisotopic (exact) mass is 378 g/mol. The lowest BCUT2D eigenvalue weighted by Crippen LogP contribution is -2.33. The van der Waals surface area contributed by atoms with Crippen molar-refractivity contribution in [3.05, 3.63) is 24.0 Å². The number of hydrogen-bond acceptors (Lipinski definition) is 4. The SMILES string of the molecule is CC(=O)NC[C@H]1CN(c2ccc(OCCC3CCCCC3)c(F)c2)C(=O)O1. The molecular formula is C20H27FN2O4. The van der Waals surface area contributed by atoms with Gasteiger partial charge in [0.1, 0.15) is 6.10 Å². The molecular weight excluding hydrogens is 351 g/mol. The Kier molecular flexibility index (Phi) is 6.53. The first-order valence-corrected chi connectivity index (χ1v) is 9.68. The molecule has 27 heavy (non-hydrogen) atoms. The molecule has 0 spiro atoms. The van der Waals surface area contributed by atoms with Gasteiger partial charge in [-0.1, -0.05) is 32.1 Å². The largest absolute Gasteiger partial charge is 0.491 e. The number of nitrogens with one attached hydrogen (secondary N) is 1. The molecule has 1 heterocycles. The number of cyclic esters (lactones) is 1. The molecule has 0 bridgehead atoms. The van der Waals surface area contributed by atoms with E-state index in [9.17, 15) is 14.0 Å². The maximum atomic E-state index is 14.4. The average molecular weight is 378 g/mol. The van der Waals surface area contributed by atoms with Gasteiger partial charge in [-0.2, -0.15) is 0 Å². The van der Waals surface area contributed by atoms with Crippen LogP contribution in [0, 0.1) is 11.7 Å². The van der Waals surface area contributed by atoms with Crippen molar-refractivity contribution < 1.29 is 23.5 Å². The van der Waals surface area contributed by atoms with Gasteiger partial charge in [0.15, 0.2) is 11.6 Å². The highest BCUT2D eigenvalue weighted by atomic mass is 19.1. The molecule has 6 nitrogen and oxygen atoms in total. The lowest BCUT2D eigenvalue weighted by atomic mass is 9.87. The number of carbonyl (C=O) groups is 2. The third-order valence-electron chi connectivity index (χ3n) is 5.19. The Labute approximate surface area is 159 Å². The van der Waals surface area contributed by atoms with E-state index in [4.69, 9.17) is 9.47 Å². The maximum absolute atomic E-state index is 14.4. The number of halogens is 1. The summed E-state index contributed by atoms with van der Waals surface area (Å²) < 4.78 is 25.2. The second-order valence-electron chi connectivity index (χ2n) is 7.31. The topological polar surface area (TPSA) is 67.9 Å². The summed E-state index contributed by atoms with van der Waals surface area (Å²) in [4.78, 5) is 24.3. The first-order valence-electron chi connectivity index (χ1n) is 9.68. The number of nitrogens with zero attached hydrogens (tertiary/aromatic N) is 1. The maximum Gasteiger partial charge on any atom is 0.414 e. The van der Waals surface area contributed by atoms with Crippen molar-refractivity contribution >= 4 is 17.7 Å². The molecule has 1 aliphatic heterocycles. The van der Waals surface area contributed by atoms with Crippen LogP contribution in [-0.4, -0.2) is 37.8 Å². The molecule has 0 aromatic heterocycles. The number of ether oxygens (including phenoxy) is 2. The number of anilines is 1. The van der Waals surface area contributed by atoms with Gasteiger partial charge < -0.3 is 14.8 Å². The van der Waals surface area contributed by atoms with Crippen molar-refractivity contribution in [2.45, 2.75) is 51.6 Å². The molecule has 2 aliphatic rings. The van der Waals surface area contributed by atoms with Crippen molar-refractivity contribution in [1.82, 2.24) is 5.32 Å². The summed E-state index contributed by atoms with van der Waals surface area (Å²) in [5, 5.41) is 2.61. The third kappa shape index (κ3) is 5.34. The minimum absolute atomic E-state index is 0.190. The van der Waals surface area contributed by atoms with Crippen LogP contribution in [0.25, 0.3) is 0 Å². The number of rotatable bonds is 7. The molecule has 1 aliphatic carbocycles. The Morgan fingerprint density at radius 3 is 2.81 bits per heavy atom. The van der Waals surface area contributed by atoms with E-state index in [1.54, 1.807) is 12.1 Å². The van der Waals surface area contributed by atoms with Crippen LogP contribution in [0.15, 0.2) is 18.2 Å². The summed E-state index contributed by atoms with van der Waals surface area (Å²) in [6.45, 7) is 2.41. The van der Waals surface area contributed by atoms with E-state index in [-0.39, 0.29) is 24.7 Å². The Bertz CT molecular complexity index is 676. The van der Waals surface area contributed by atoms with Crippen LogP contribution in [0.2, 0.25) is 0 Å². The van der Waals surface area contributed by atoms with Crippen molar-refractivity contribution in [2.75, 3.05) is 24.6 Å². The van der Waals surface area contributed by atoms with Gasteiger partial charge in [-0.25, -0.2) is 9.18 Å². The Hall–Kier alpha value is -2.31. The van der Waals surface area contributed by atoms with Crippen molar-refractivity contribution in [3.8, 4) is 5.75 Å². The van der Waals surface area contributed by atoms with E-state index in [1.807, 2.05) is 0 Å². The second kappa shape index (κ2) is 9.06. The summed E-state index contributed by atoms with van der Waals surface area (Å²) >= 11 is 0. The standard InChI is InChI=1S/C20H27FN2O4/c1-14(24)22-12-17-13-23(20(25)27-17)16-7-8-19(18(21)11-16)26-10-9-15-5-3-2-4-6-15/h7-8,11,15,17H,2-6,9-10,12-13H2,1H3,(H,22,24)/t17-/m0/s1. The van der Waals surface area contributed by atoms with E-state index < -0.39 is 18.0 Å². The molecule has 7 heteroatoms. The highest BCUT2D eigenvalue weighted by Gasteiger charge is 2.32. The predicted molar refractivity (Wildman–Crippen MR) is 99.4 cm³/mol. The summed E-state index contributed by atoms with van der Waals surface area (Å²) in [7, 11) is 0. The molecule has 148 valence electrons. The van der Waals surface area contributed by atoms with Gasteiger partial charge in [0, 0.05) is 13.0 Å². The van der Waals surface area contributed by atoms with Crippen LogP contribution in [-0.2, 0) is 9.53 Å². The molecule has 3 rings (SSSR count). The summed E-state index contributed by atoms with van der Waals surface area (Å²) in [6.07, 6.45) is 6.31. The highest BCUT2D eigenvalue weighted by molar-refractivity contribution is 5.89. The zero-order valence-corrected chi connectivity index (χ0v) is 15.7. The van der Waals surface area contributed by atoms with Crippen molar-refractivity contribution in [3.63, 3.8) is 0 Å². The summed E-state index contributed by atoms with van der Waals surface area (Å²) in [5.74, 6) is 0.206. The molecule has 0 radical (unpaired) electrons.